The van der Waals surface area contributed by atoms with Crippen LogP contribution in [0.25, 0.3) is 0 Å². The van der Waals surface area contributed by atoms with E-state index in [0.29, 0.717) is 11.4 Å². The van der Waals surface area contributed by atoms with Gasteiger partial charge < -0.3 is 20.4 Å². The molecular weight excluding hydrogens is 364 g/mol. The summed E-state index contributed by atoms with van der Waals surface area (Å²) in [6.07, 6.45) is 0. The van der Waals surface area contributed by atoms with E-state index in [1.807, 2.05) is 18.2 Å². The van der Waals surface area contributed by atoms with Crippen LogP contribution in [0.15, 0.2) is 64.8 Å². The average molecular weight is 382 g/mol. The van der Waals surface area contributed by atoms with E-state index in [0.717, 1.165) is 4.90 Å². The first-order valence-corrected chi connectivity index (χ1v) is 8.54. The monoisotopic (exact) mass is 382 g/mol. The summed E-state index contributed by atoms with van der Waals surface area (Å²) in [5.74, 6) is -3.24. The maximum atomic E-state index is 12.8. The molecule has 2 aromatic carbocycles. The van der Waals surface area contributed by atoms with Crippen LogP contribution in [-0.4, -0.2) is 58.1 Å². The molecule has 0 saturated carbocycles. The van der Waals surface area contributed by atoms with Crippen molar-refractivity contribution >= 4 is 29.2 Å². The molecule has 0 bridgehead atoms. The van der Waals surface area contributed by atoms with Crippen molar-refractivity contribution < 1.29 is 24.6 Å². The van der Waals surface area contributed by atoms with Crippen molar-refractivity contribution in [1.82, 2.24) is 10.2 Å². The third-order valence-corrected chi connectivity index (χ3v) is 4.30. The predicted octanol–water partition coefficient (Wildman–Crippen LogP) is 2.05. The lowest BCUT2D eigenvalue weighted by atomic mass is 10.0. The van der Waals surface area contributed by atoms with Crippen LogP contribution in [-0.2, 0) is 9.59 Å². The molecule has 3 rings (SSSR count). The van der Waals surface area contributed by atoms with E-state index in [-0.39, 0.29) is 18.7 Å². The van der Waals surface area contributed by atoms with Gasteiger partial charge in [0.15, 0.2) is 6.04 Å². The van der Waals surface area contributed by atoms with Gasteiger partial charge in [-0.3, -0.25) is 9.59 Å². The van der Waals surface area contributed by atoms with Gasteiger partial charge in [0.25, 0.3) is 5.91 Å². The molecule has 1 amide bonds. The number of benzene rings is 2. The SMILES string of the molecule is O=C(O)[C@H]1NCCN(C(=O)c2ccc(N=Nc3ccccc3)cc2)[C@H]1C(=O)O. The fourth-order valence-corrected chi connectivity index (χ4v) is 2.94. The largest absolute Gasteiger partial charge is 0.480 e. The Morgan fingerprint density at radius 3 is 2.07 bits per heavy atom. The van der Waals surface area contributed by atoms with E-state index in [1.165, 1.54) is 12.1 Å². The minimum absolute atomic E-state index is 0.0923. The molecule has 2 atom stereocenters. The van der Waals surface area contributed by atoms with Gasteiger partial charge in [-0.2, -0.15) is 10.2 Å². The summed E-state index contributed by atoms with van der Waals surface area (Å²) in [5.41, 5.74) is 1.46. The predicted molar refractivity (Wildman–Crippen MR) is 98.9 cm³/mol. The smallest absolute Gasteiger partial charge is 0.328 e. The second-order valence-corrected chi connectivity index (χ2v) is 6.13. The van der Waals surface area contributed by atoms with Crippen LogP contribution in [0.5, 0.6) is 0 Å². The number of carbonyl (C=O) groups excluding carboxylic acids is 1. The number of carboxylic acid groups (broad SMARTS) is 2. The highest BCUT2D eigenvalue weighted by Crippen LogP contribution is 2.20. The zero-order chi connectivity index (χ0) is 20.1. The van der Waals surface area contributed by atoms with Gasteiger partial charge in [-0.1, -0.05) is 18.2 Å². The van der Waals surface area contributed by atoms with Gasteiger partial charge in [0.2, 0.25) is 0 Å². The van der Waals surface area contributed by atoms with Crippen molar-refractivity contribution in [3.05, 3.63) is 60.2 Å². The van der Waals surface area contributed by atoms with E-state index in [9.17, 15) is 24.6 Å². The molecule has 144 valence electrons. The van der Waals surface area contributed by atoms with Crippen LogP contribution in [0, 0.1) is 0 Å². The number of hydrogen-bond donors (Lipinski definition) is 3. The van der Waals surface area contributed by atoms with E-state index in [2.05, 4.69) is 15.5 Å². The van der Waals surface area contributed by atoms with E-state index in [1.54, 1.807) is 24.3 Å². The van der Waals surface area contributed by atoms with Crippen molar-refractivity contribution in [2.75, 3.05) is 13.1 Å². The minimum atomic E-state index is -1.49. The molecular formula is C19H18N4O5. The summed E-state index contributed by atoms with van der Waals surface area (Å²) >= 11 is 0. The molecule has 1 aliphatic heterocycles. The number of nitrogens with zero attached hydrogens (tertiary/aromatic N) is 3. The third-order valence-electron chi connectivity index (χ3n) is 4.30. The second kappa shape index (κ2) is 8.40. The molecule has 0 spiro atoms. The van der Waals surface area contributed by atoms with Crippen LogP contribution in [0.2, 0.25) is 0 Å². The van der Waals surface area contributed by atoms with E-state index >= 15 is 0 Å². The normalized spacial score (nSPS) is 19.5. The molecule has 28 heavy (non-hydrogen) atoms. The van der Waals surface area contributed by atoms with Crippen LogP contribution in [0.4, 0.5) is 11.4 Å². The zero-order valence-corrected chi connectivity index (χ0v) is 14.7. The molecule has 9 nitrogen and oxygen atoms in total. The Morgan fingerprint density at radius 1 is 0.893 bits per heavy atom. The highest BCUT2D eigenvalue weighted by molar-refractivity contribution is 5.98. The summed E-state index contributed by atoms with van der Waals surface area (Å²) in [4.78, 5) is 36.7. The van der Waals surface area contributed by atoms with Crippen molar-refractivity contribution in [3.8, 4) is 0 Å². The lowest BCUT2D eigenvalue weighted by Crippen LogP contribution is -2.65. The fraction of sp³-hybridized carbons (Fsp3) is 0.211. The first kappa shape index (κ1) is 19.2. The van der Waals surface area contributed by atoms with Gasteiger partial charge in [-0.05, 0) is 36.4 Å². The average Bonchev–Trinajstić information content (AvgIpc) is 2.72. The Hall–Kier alpha value is -3.59. The highest BCUT2D eigenvalue weighted by atomic mass is 16.4. The van der Waals surface area contributed by atoms with Crippen molar-refractivity contribution in [2.24, 2.45) is 10.2 Å². The Labute approximate surface area is 160 Å². The molecule has 1 saturated heterocycles. The molecule has 9 heteroatoms. The second-order valence-electron chi connectivity index (χ2n) is 6.13. The van der Waals surface area contributed by atoms with E-state index < -0.39 is 29.9 Å². The summed E-state index contributed by atoms with van der Waals surface area (Å²) in [7, 11) is 0. The number of amides is 1. The maximum absolute atomic E-state index is 12.8. The van der Waals surface area contributed by atoms with Gasteiger partial charge in [0, 0.05) is 18.7 Å². The lowest BCUT2D eigenvalue weighted by Gasteiger charge is -2.37. The van der Waals surface area contributed by atoms with Gasteiger partial charge >= 0.3 is 11.9 Å². The Bertz CT molecular complexity index is 898. The Balaban J connectivity index is 1.77. The van der Waals surface area contributed by atoms with Gasteiger partial charge in [0.1, 0.15) is 6.04 Å². The highest BCUT2D eigenvalue weighted by Gasteiger charge is 2.43. The first-order valence-electron chi connectivity index (χ1n) is 8.54. The van der Waals surface area contributed by atoms with Crippen molar-refractivity contribution in [2.45, 2.75) is 12.1 Å². The standard InChI is InChI=1S/C19H18N4O5/c24-17(23-11-10-20-15(18(25)26)16(23)19(27)28)12-6-8-14(9-7-12)22-21-13-4-2-1-3-5-13/h1-9,15-16,20H,10-11H2,(H,25,26)(H,27,28)/t15-,16+/m0/s1. The molecule has 1 fully saturated rings. The molecule has 1 aliphatic rings. The number of nitrogens with one attached hydrogen (secondary N) is 1. The maximum Gasteiger partial charge on any atom is 0.328 e. The first-order chi connectivity index (χ1) is 13.5. The number of carboxylic acids is 2. The van der Waals surface area contributed by atoms with Crippen LogP contribution < -0.4 is 5.32 Å². The summed E-state index contributed by atoms with van der Waals surface area (Å²) < 4.78 is 0. The minimum Gasteiger partial charge on any atom is -0.480 e. The van der Waals surface area contributed by atoms with Crippen molar-refractivity contribution in [3.63, 3.8) is 0 Å². The molecule has 0 radical (unpaired) electrons. The van der Waals surface area contributed by atoms with Gasteiger partial charge in [0.05, 0.1) is 11.4 Å². The van der Waals surface area contributed by atoms with Gasteiger partial charge in [-0.25, -0.2) is 4.79 Å². The lowest BCUT2D eigenvalue weighted by molar-refractivity contribution is -0.152. The summed E-state index contributed by atoms with van der Waals surface area (Å²) in [5, 5.41) is 29.4. The van der Waals surface area contributed by atoms with Crippen LogP contribution in [0.3, 0.4) is 0 Å². The number of piperazine rings is 1. The Kier molecular flexibility index (Phi) is 5.75. The summed E-state index contributed by atoms with van der Waals surface area (Å²) in [6, 6.07) is 12.5. The van der Waals surface area contributed by atoms with Gasteiger partial charge in [-0.15, -0.1) is 0 Å². The summed E-state index contributed by atoms with van der Waals surface area (Å²) in [6.45, 7) is 0.283. The molecule has 1 heterocycles. The zero-order valence-electron chi connectivity index (χ0n) is 14.7. The van der Waals surface area contributed by atoms with Crippen LogP contribution >= 0.6 is 0 Å². The fourth-order valence-electron chi connectivity index (χ4n) is 2.94. The Morgan fingerprint density at radius 2 is 1.50 bits per heavy atom. The molecule has 2 aromatic rings. The molecule has 0 aliphatic carbocycles. The number of aliphatic carboxylic acids is 2. The van der Waals surface area contributed by atoms with Crippen LogP contribution in [0.1, 0.15) is 10.4 Å². The molecule has 0 aromatic heterocycles. The third kappa shape index (κ3) is 4.21. The molecule has 3 N–H and O–H groups in total. The number of carbonyl (C=O) groups is 3. The topological polar surface area (TPSA) is 132 Å². The number of rotatable bonds is 5. The number of azo groups is 1. The molecule has 0 unspecified atom stereocenters. The number of hydrogen-bond acceptors (Lipinski definition) is 6. The van der Waals surface area contributed by atoms with Crippen molar-refractivity contribution in [1.29, 1.82) is 0 Å². The quantitative estimate of drug-likeness (QED) is 0.678. The van der Waals surface area contributed by atoms with E-state index in [4.69, 9.17) is 0 Å².